The Morgan fingerprint density at radius 2 is 2.32 bits per heavy atom. The van der Waals surface area contributed by atoms with Crippen LogP contribution in [0.2, 0.25) is 0 Å². The van der Waals surface area contributed by atoms with Crippen molar-refractivity contribution in [3.63, 3.8) is 0 Å². The molecule has 102 valence electrons. The van der Waals surface area contributed by atoms with E-state index < -0.39 is 0 Å². The second kappa shape index (κ2) is 5.47. The molecule has 1 aliphatic heterocycles. The molecule has 3 nitrogen and oxygen atoms in total. The average Bonchev–Trinajstić information content (AvgIpc) is 2.95. The number of nitrogens with one attached hydrogen (secondary N) is 1. The van der Waals surface area contributed by atoms with E-state index in [2.05, 4.69) is 47.0 Å². The van der Waals surface area contributed by atoms with Gasteiger partial charge in [0.05, 0.1) is 5.69 Å². The summed E-state index contributed by atoms with van der Waals surface area (Å²) in [5.74, 6) is 1.85. The molecule has 0 radical (unpaired) electrons. The maximum atomic E-state index is 4.69. The molecule has 4 heteroatoms. The number of rotatable bonds is 4. The molecule has 2 aromatic rings. The largest absolute Gasteiger partial charge is 0.334 e. The topological polar surface area (TPSA) is 29.9 Å². The Morgan fingerprint density at radius 1 is 1.42 bits per heavy atom. The minimum absolute atomic E-state index is 0.573. The van der Waals surface area contributed by atoms with Crippen molar-refractivity contribution in [3.05, 3.63) is 39.6 Å². The van der Waals surface area contributed by atoms with Crippen LogP contribution in [0.4, 0.5) is 0 Å². The summed E-state index contributed by atoms with van der Waals surface area (Å²) in [5, 5.41) is 3.59. The van der Waals surface area contributed by atoms with Gasteiger partial charge in [-0.1, -0.05) is 0 Å². The molecule has 19 heavy (non-hydrogen) atoms. The van der Waals surface area contributed by atoms with Crippen molar-refractivity contribution in [2.75, 3.05) is 6.54 Å². The van der Waals surface area contributed by atoms with Crippen LogP contribution in [0.25, 0.3) is 0 Å². The van der Waals surface area contributed by atoms with Gasteiger partial charge in [-0.15, -0.1) is 11.3 Å². The van der Waals surface area contributed by atoms with Gasteiger partial charge in [-0.2, -0.15) is 0 Å². The van der Waals surface area contributed by atoms with Crippen molar-refractivity contribution in [1.29, 1.82) is 0 Å². The lowest BCUT2D eigenvalue weighted by molar-refractivity contribution is 0.423. The molecule has 0 aromatic carbocycles. The number of aryl methyl sites for hydroxylation is 3. The molecule has 0 fully saturated rings. The molecule has 3 rings (SSSR count). The second-order valence-corrected chi connectivity index (χ2v) is 6.79. The highest BCUT2D eigenvalue weighted by molar-refractivity contribution is 7.11. The summed E-state index contributed by atoms with van der Waals surface area (Å²) in [6.45, 7) is 7.40. The van der Waals surface area contributed by atoms with E-state index in [1.807, 2.05) is 11.3 Å². The second-order valence-electron chi connectivity index (χ2n) is 5.42. The number of nitrogens with zero attached hydrogens (tertiary/aromatic N) is 2. The van der Waals surface area contributed by atoms with E-state index in [9.17, 15) is 0 Å². The normalized spacial score (nSPS) is 18.5. The van der Waals surface area contributed by atoms with E-state index in [0.29, 0.717) is 5.92 Å². The molecule has 0 amide bonds. The van der Waals surface area contributed by atoms with Gasteiger partial charge in [-0.25, -0.2) is 4.98 Å². The fourth-order valence-electron chi connectivity index (χ4n) is 2.85. The molecule has 0 saturated heterocycles. The maximum Gasteiger partial charge on any atom is 0.113 e. The van der Waals surface area contributed by atoms with Gasteiger partial charge in [0.25, 0.3) is 0 Å². The van der Waals surface area contributed by atoms with E-state index >= 15 is 0 Å². The monoisotopic (exact) mass is 275 g/mol. The summed E-state index contributed by atoms with van der Waals surface area (Å²) in [6.07, 6.45) is 4.71. The summed E-state index contributed by atoms with van der Waals surface area (Å²) in [4.78, 5) is 7.50. The Labute approximate surface area is 118 Å². The Balaban J connectivity index is 1.59. The van der Waals surface area contributed by atoms with Crippen molar-refractivity contribution < 1.29 is 0 Å². The standard InChI is InChI=1S/C15H21N3S/c1-11-10-18-7-3-4-13(15(18)17-11)8-16-9-14-6-5-12(2)19-14/h5-6,10,13,16H,3-4,7-9H2,1-2H3. The number of aromatic nitrogens is 2. The number of hydrogen-bond donors (Lipinski definition) is 1. The fourth-order valence-corrected chi connectivity index (χ4v) is 3.71. The van der Waals surface area contributed by atoms with Crippen LogP contribution in [0.15, 0.2) is 18.3 Å². The highest BCUT2D eigenvalue weighted by atomic mass is 32.1. The van der Waals surface area contributed by atoms with Crippen LogP contribution in [0.3, 0.4) is 0 Å². The van der Waals surface area contributed by atoms with Gasteiger partial charge in [0.15, 0.2) is 0 Å². The number of thiophene rings is 1. The van der Waals surface area contributed by atoms with E-state index in [1.54, 1.807) is 0 Å². The van der Waals surface area contributed by atoms with Crippen LogP contribution in [0.1, 0.15) is 40.0 Å². The predicted octanol–water partition coefficient (Wildman–Crippen LogP) is 3.23. The first-order valence-electron chi connectivity index (χ1n) is 7.02. The average molecular weight is 275 g/mol. The minimum atomic E-state index is 0.573. The van der Waals surface area contributed by atoms with E-state index in [0.717, 1.165) is 25.3 Å². The Morgan fingerprint density at radius 3 is 3.11 bits per heavy atom. The predicted molar refractivity (Wildman–Crippen MR) is 79.7 cm³/mol. The number of imidazole rings is 1. The molecule has 0 spiro atoms. The summed E-state index contributed by atoms with van der Waals surface area (Å²) in [5.41, 5.74) is 1.15. The third-order valence-corrected chi connectivity index (χ3v) is 4.73. The molecular weight excluding hydrogens is 254 g/mol. The highest BCUT2D eigenvalue weighted by Crippen LogP contribution is 2.26. The minimum Gasteiger partial charge on any atom is -0.334 e. The van der Waals surface area contributed by atoms with Gasteiger partial charge in [-0.3, -0.25) is 0 Å². The molecule has 1 N–H and O–H groups in total. The van der Waals surface area contributed by atoms with Crippen LogP contribution in [0.5, 0.6) is 0 Å². The summed E-state index contributed by atoms with van der Waals surface area (Å²) < 4.78 is 2.33. The molecule has 0 saturated carbocycles. The van der Waals surface area contributed by atoms with Crippen molar-refractivity contribution in [2.45, 2.75) is 45.7 Å². The van der Waals surface area contributed by atoms with Gasteiger partial charge >= 0.3 is 0 Å². The Bertz CT molecular complexity index is 555. The first-order chi connectivity index (χ1) is 9.22. The molecule has 1 unspecified atom stereocenters. The zero-order valence-corrected chi connectivity index (χ0v) is 12.5. The zero-order valence-electron chi connectivity index (χ0n) is 11.6. The van der Waals surface area contributed by atoms with Crippen molar-refractivity contribution in [2.24, 2.45) is 0 Å². The highest BCUT2D eigenvalue weighted by Gasteiger charge is 2.21. The van der Waals surface area contributed by atoms with Gasteiger partial charge in [0, 0.05) is 41.5 Å². The van der Waals surface area contributed by atoms with Crippen LogP contribution < -0.4 is 5.32 Å². The first-order valence-corrected chi connectivity index (χ1v) is 7.84. The lowest BCUT2D eigenvalue weighted by Crippen LogP contribution is -2.26. The van der Waals surface area contributed by atoms with Gasteiger partial charge in [0.2, 0.25) is 0 Å². The van der Waals surface area contributed by atoms with Crippen LogP contribution in [-0.4, -0.2) is 16.1 Å². The van der Waals surface area contributed by atoms with Crippen LogP contribution in [-0.2, 0) is 13.1 Å². The molecule has 3 heterocycles. The summed E-state index contributed by atoms with van der Waals surface area (Å²) >= 11 is 1.88. The van der Waals surface area contributed by atoms with E-state index in [4.69, 9.17) is 0 Å². The van der Waals surface area contributed by atoms with Gasteiger partial charge in [-0.05, 0) is 38.8 Å². The quantitative estimate of drug-likeness (QED) is 0.928. The molecule has 0 bridgehead atoms. The molecule has 0 aliphatic carbocycles. The maximum absolute atomic E-state index is 4.69. The first kappa shape index (κ1) is 12.9. The Kier molecular flexibility index (Phi) is 3.71. The fraction of sp³-hybridized carbons (Fsp3) is 0.533. The molecular formula is C15H21N3S. The molecule has 2 aromatic heterocycles. The van der Waals surface area contributed by atoms with Crippen LogP contribution >= 0.6 is 11.3 Å². The zero-order chi connectivity index (χ0) is 13.2. The third kappa shape index (κ3) is 2.90. The molecule has 1 aliphatic rings. The SMILES string of the molecule is Cc1cn2c(n1)C(CNCc1ccc(C)s1)CCC2. The number of fused-ring (bicyclic) bond motifs is 1. The summed E-state index contributed by atoms with van der Waals surface area (Å²) in [7, 11) is 0. The van der Waals surface area contributed by atoms with E-state index in [-0.39, 0.29) is 0 Å². The lowest BCUT2D eigenvalue weighted by Gasteiger charge is -2.23. The lowest BCUT2D eigenvalue weighted by atomic mass is 9.99. The smallest absolute Gasteiger partial charge is 0.113 e. The Hall–Kier alpha value is -1.13. The van der Waals surface area contributed by atoms with Crippen LogP contribution in [0, 0.1) is 13.8 Å². The van der Waals surface area contributed by atoms with E-state index in [1.165, 1.54) is 28.4 Å². The number of hydrogen-bond acceptors (Lipinski definition) is 3. The van der Waals surface area contributed by atoms with Crippen molar-refractivity contribution in [1.82, 2.24) is 14.9 Å². The van der Waals surface area contributed by atoms with Crippen molar-refractivity contribution >= 4 is 11.3 Å². The van der Waals surface area contributed by atoms with Gasteiger partial charge in [0.1, 0.15) is 5.82 Å². The third-order valence-electron chi connectivity index (χ3n) is 3.73. The molecule has 1 atom stereocenters. The summed E-state index contributed by atoms with van der Waals surface area (Å²) in [6, 6.07) is 4.41. The van der Waals surface area contributed by atoms with Gasteiger partial charge < -0.3 is 9.88 Å². The van der Waals surface area contributed by atoms with Crippen molar-refractivity contribution in [3.8, 4) is 0 Å².